The second-order valence-corrected chi connectivity index (χ2v) is 0.836. The summed E-state index contributed by atoms with van der Waals surface area (Å²) in [6.45, 7) is 0. The minimum atomic E-state index is -2.92. The number of rotatable bonds is 1. The van der Waals surface area contributed by atoms with Crippen LogP contribution in [0.2, 0.25) is 0 Å². The molecular weight excluding hydrogens is 292 g/mol. The molecule has 0 aliphatic heterocycles. The molecule has 0 saturated carbocycles. The molecule has 0 rings (SSSR count). The first-order valence-corrected chi connectivity index (χ1v) is 1.74. The van der Waals surface area contributed by atoms with E-state index < -0.39 is 19.4 Å². The SMILES string of the molecule is O=C(F)C(=O)F.[La+3].[O-]B([O-])[O-]. The minimum Gasteiger partial charge on any atom is -0.907 e. The predicted molar refractivity (Wildman–Crippen MR) is 18.0 cm³/mol. The standard InChI is InChI=1S/C2F2O2.BO3.La/c3-1(5)2(4)6;2-1(3)4;/q;-3;+3. The molecule has 0 aromatic carbocycles. The second-order valence-electron chi connectivity index (χ2n) is 0.836. The third-order valence-corrected chi connectivity index (χ3v) is 0.155. The summed E-state index contributed by atoms with van der Waals surface area (Å²) >= 11 is 0. The predicted octanol–water partition coefficient (Wildman–Crippen LogP) is -3.97. The van der Waals surface area contributed by atoms with Crippen LogP contribution in [-0.2, 0) is 9.59 Å². The molecule has 58 valence electrons. The van der Waals surface area contributed by atoms with Crippen LogP contribution in [0.15, 0.2) is 0 Å². The second kappa shape index (κ2) is 10.3. The zero-order valence-electron chi connectivity index (χ0n) is 4.95. The van der Waals surface area contributed by atoms with Crippen LogP contribution in [0.5, 0.6) is 0 Å². The fourth-order valence-corrected chi connectivity index (χ4v) is 0. The third kappa shape index (κ3) is 38.2. The Morgan fingerprint density at radius 1 is 1.00 bits per heavy atom. The Morgan fingerprint density at radius 3 is 1.09 bits per heavy atom. The molecule has 0 spiro atoms. The van der Waals surface area contributed by atoms with Gasteiger partial charge in [-0.1, -0.05) is 0 Å². The van der Waals surface area contributed by atoms with Crippen molar-refractivity contribution in [2.45, 2.75) is 0 Å². The average Bonchev–Trinajstić information content (AvgIpc) is 1.63. The van der Waals surface area contributed by atoms with Crippen molar-refractivity contribution in [1.29, 1.82) is 0 Å². The van der Waals surface area contributed by atoms with E-state index in [1.165, 1.54) is 0 Å². The van der Waals surface area contributed by atoms with E-state index in [9.17, 15) is 8.78 Å². The molecule has 0 aliphatic rings. The largest absolute Gasteiger partial charge is 3.00 e. The van der Waals surface area contributed by atoms with Crippen molar-refractivity contribution in [3.05, 3.63) is 0 Å². The maximum Gasteiger partial charge on any atom is 3.00 e. The molecule has 9 heteroatoms. The van der Waals surface area contributed by atoms with Gasteiger partial charge in [0.05, 0.1) is 0 Å². The molecule has 0 radical (unpaired) electrons. The van der Waals surface area contributed by atoms with Crippen molar-refractivity contribution in [3.8, 4) is 0 Å². The summed E-state index contributed by atoms with van der Waals surface area (Å²) in [7, 11) is -2.92. The average molecular weight is 292 g/mol. The fourth-order valence-electron chi connectivity index (χ4n) is 0. The van der Waals surface area contributed by atoms with Gasteiger partial charge in [-0.15, -0.1) is 0 Å². The zero-order chi connectivity index (χ0) is 8.73. The summed E-state index contributed by atoms with van der Waals surface area (Å²) < 4.78 is 20.9. The van der Waals surface area contributed by atoms with Crippen LogP contribution in [-0.4, -0.2) is 19.4 Å². The summed E-state index contributed by atoms with van der Waals surface area (Å²) in [6.07, 6.45) is 0. The molecule has 0 saturated heterocycles. The van der Waals surface area contributed by atoms with E-state index in [0.717, 1.165) is 0 Å². The van der Waals surface area contributed by atoms with E-state index in [2.05, 4.69) is 0 Å². The van der Waals surface area contributed by atoms with E-state index in [1.807, 2.05) is 0 Å². The van der Waals surface area contributed by atoms with Gasteiger partial charge in [-0.2, -0.15) is 8.78 Å². The number of halogens is 2. The Labute approximate surface area is 88.2 Å². The fraction of sp³-hybridized carbons (Fsp3) is 0. The van der Waals surface area contributed by atoms with Gasteiger partial charge in [0.15, 0.2) is 0 Å². The molecule has 0 unspecified atom stereocenters. The van der Waals surface area contributed by atoms with Gasteiger partial charge in [0, 0.05) is 0 Å². The van der Waals surface area contributed by atoms with Crippen LogP contribution in [0.3, 0.4) is 0 Å². The van der Waals surface area contributed by atoms with Crippen LogP contribution in [0.1, 0.15) is 0 Å². The van der Waals surface area contributed by atoms with Crippen molar-refractivity contribution in [3.63, 3.8) is 0 Å². The topological polar surface area (TPSA) is 103 Å². The summed E-state index contributed by atoms with van der Waals surface area (Å²) in [6, 6.07) is -5.09. The van der Waals surface area contributed by atoms with E-state index in [4.69, 9.17) is 24.7 Å². The smallest absolute Gasteiger partial charge is 0.907 e. The molecular formula is C2BF2LaO5. The van der Waals surface area contributed by atoms with E-state index in [-0.39, 0.29) is 35.6 Å². The molecule has 0 aliphatic carbocycles. The molecule has 0 amide bonds. The molecule has 0 bridgehead atoms. The summed E-state index contributed by atoms with van der Waals surface area (Å²) in [5, 5.41) is 25.2. The Bertz CT molecular complexity index is 115. The normalized spacial score (nSPS) is 6.64. The van der Waals surface area contributed by atoms with E-state index in [0.29, 0.717) is 0 Å². The Morgan fingerprint density at radius 2 is 1.09 bits per heavy atom. The van der Waals surface area contributed by atoms with Gasteiger partial charge in [0.2, 0.25) is 0 Å². The number of hydrogen-bond donors (Lipinski definition) is 0. The third-order valence-electron chi connectivity index (χ3n) is 0.155. The summed E-state index contributed by atoms with van der Waals surface area (Å²) in [4.78, 5) is 17.5. The summed E-state index contributed by atoms with van der Waals surface area (Å²) in [5.74, 6) is 0. The first kappa shape index (κ1) is 17.4. The van der Waals surface area contributed by atoms with Gasteiger partial charge in [-0.3, -0.25) is 7.32 Å². The first-order valence-electron chi connectivity index (χ1n) is 1.74. The summed E-state index contributed by atoms with van der Waals surface area (Å²) in [5.41, 5.74) is 0. The van der Waals surface area contributed by atoms with Gasteiger partial charge in [0.1, 0.15) is 0 Å². The van der Waals surface area contributed by atoms with Gasteiger partial charge < -0.3 is 15.1 Å². The molecule has 0 atom stereocenters. The Kier molecular flexibility index (Phi) is 16.4. The maximum atomic E-state index is 10.5. The Balaban J connectivity index is -0.000000114. The van der Waals surface area contributed by atoms with Crippen molar-refractivity contribution >= 4 is 19.4 Å². The van der Waals surface area contributed by atoms with Crippen LogP contribution < -0.4 is 15.1 Å². The van der Waals surface area contributed by atoms with E-state index in [1.54, 1.807) is 0 Å². The molecule has 0 heterocycles. The van der Waals surface area contributed by atoms with Crippen LogP contribution in [0, 0.1) is 35.6 Å². The first-order chi connectivity index (χ1) is 4.37. The number of carbonyl (C=O) groups is 2. The monoisotopic (exact) mass is 292 g/mol. The molecule has 5 nitrogen and oxygen atoms in total. The van der Waals surface area contributed by atoms with Crippen LogP contribution in [0.25, 0.3) is 0 Å². The van der Waals surface area contributed by atoms with Crippen molar-refractivity contribution in [2.75, 3.05) is 0 Å². The van der Waals surface area contributed by atoms with Crippen molar-refractivity contribution in [1.82, 2.24) is 0 Å². The molecule has 0 aromatic rings. The number of hydrogen-bond acceptors (Lipinski definition) is 5. The van der Waals surface area contributed by atoms with Gasteiger partial charge >= 0.3 is 47.7 Å². The maximum absolute atomic E-state index is 10.5. The number of carbonyl (C=O) groups excluding carboxylic acids is 2. The molecule has 11 heavy (non-hydrogen) atoms. The molecule has 0 fully saturated rings. The quantitative estimate of drug-likeness (QED) is 0.278. The van der Waals surface area contributed by atoms with Gasteiger partial charge in [-0.05, 0) is 0 Å². The van der Waals surface area contributed by atoms with Gasteiger partial charge in [-0.25, -0.2) is 9.59 Å². The minimum absolute atomic E-state index is 0. The van der Waals surface area contributed by atoms with Crippen LogP contribution in [0.4, 0.5) is 8.78 Å². The van der Waals surface area contributed by atoms with Gasteiger partial charge in [0.25, 0.3) is 0 Å². The Hall–Kier alpha value is 0.340. The van der Waals surface area contributed by atoms with Crippen molar-refractivity contribution in [2.24, 2.45) is 0 Å². The van der Waals surface area contributed by atoms with E-state index >= 15 is 0 Å². The zero-order valence-corrected chi connectivity index (χ0v) is 8.58. The molecule has 0 aromatic heterocycles. The molecule has 0 N–H and O–H groups in total. The van der Waals surface area contributed by atoms with Crippen LogP contribution >= 0.6 is 0 Å². The van der Waals surface area contributed by atoms with Crippen molar-refractivity contribution < 1.29 is 69.0 Å².